The van der Waals surface area contributed by atoms with Gasteiger partial charge in [0.2, 0.25) is 35.4 Å². The Morgan fingerprint density at radius 1 is 0.667 bits per heavy atom. The number of rotatable bonds is 14. The van der Waals surface area contributed by atoms with Crippen LogP contribution in [0.15, 0.2) is 0 Å². The van der Waals surface area contributed by atoms with Gasteiger partial charge in [0.25, 0.3) is 0 Å². The Kier molecular flexibility index (Phi) is 13.4. The van der Waals surface area contributed by atoms with Gasteiger partial charge in [-0.15, -0.1) is 0 Å². The van der Waals surface area contributed by atoms with Gasteiger partial charge in [-0.05, 0) is 12.8 Å². The number of aliphatic carboxylic acids is 1. The maximum Gasteiger partial charge on any atom is 0.325 e. The summed E-state index contributed by atoms with van der Waals surface area (Å²) < 4.78 is 0. The molecule has 0 heterocycles. The van der Waals surface area contributed by atoms with E-state index < -0.39 is 73.1 Å². The molecule has 0 aromatic heterocycles. The molecule has 0 saturated heterocycles. The van der Waals surface area contributed by atoms with Crippen molar-refractivity contribution >= 4 is 41.4 Å². The third-order valence-electron chi connectivity index (χ3n) is 3.96. The molecule has 15 nitrogen and oxygen atoms in total. The summed E-state index contributed by atoms with van der Waals surface area (Å²) in [7, 11) is 0. The Morgan fingerprint density at radius 3 is 1.42 bits per heavy atom. The highest BCUT2D eigenvalue weighted by Crippen LogP contribution is 2.02. The van der Waals surface area contributed by atoms with Crippen molar-refractivity contribution in [1.82, 2.24) is 31.9 Å². The molecule has 0 aliphatic rings. The molecular weight excluding hydrogens is 442 g/mol. The number of hydrogen-bond donors (Lipinski definition) is 8. The largest absolute Gasteiger partial charge is 0.480 e. The van der Waals surface area contributed by atoms with Crippen molar-refractivity contribution in [3.05, 3.63) is 0 Å². The Labute approximate surface area is 190 Å². The Morgan fingerprint density at radius 2 is 1.06 bits per heavy atom. The molecule has 0 aromatic carbocycles. The topological polar surface area (TPSA) is 238 Å². The number of carboxylic acids is 1. The lowest BCUT2D eigenvalue weighted by Gasteiger charge is -2.23. The predicted octanol–water partition coefficient (Wildman–Crippen LogP) is -4.86. The first kappa shape index (κ1) is 29.2. The van der Waals surface area contributed by atoms with Crippen molar-refractivity contribution in [1.29, 1.82) is 0 Å². The van der Waals surface area contributed by atoms with Crippen LogP contribution in [0.2, 0.25) is 0 Å². The highest BCUT2D eigenvalue weighted by molar-refractivity contribution is 5.93. The van der Waals surface area contributed by atoms with Gasteiger partial charge in [0, 0.05) is 0 Å². The Hall–Kier alpha value is -3.75. The molecule has 0 aliphatic carbocycles. The summed E-state index contributed by atoms with van der Waals surface area (Å²) in [6, 6.07) is -2.16. The van der Waals surface area contributed by atoms with Crippen molar-refractivity contribution < 1.29 is 38.7 Å². The van der Waals surface area contributed by atoms with Crippen LogP contribution in [-0.4, -0.2) is 91.3 Å². The summed E-state index contributed by atoms with van der Waals surface area (Å²) in [6.45, 7) is 2.53. The van der Waals surface area contributed by atoms with Crippen molar-refractivity contribution in [2.75, 3.05) is 32.7 Å². The van der Waals surface area contributed by atoms with E-state index in [2.05, 4.69) is 31.9 Å². The van der Waals surface area contributed by atoms with E-state index in [4.69, 9.17) is 10.8 Å². The zero-order valence-electron chi connectivity index (χ0n) is 18.6. The number of carbonyl (C=O) groups excluding carboxylic acids is 6. The molecular formula is C18H31N7O8. The van der Waals surface area contributed by atoms with Crippen LogP contribution in [0, 0.1) is 5.92 Å². The third kappa shape index (κ3) is 13.3. The third-order valence-corrected chi connectivity index (χ3v) is 3.96. The van der Waals surface area contributed by atoms with Crippen LogP contribution >= 0.6 is 0 Å². The molecule has 0 fully saturated rings. The van der Waals surface area contributed by atoms with Crippen LogP contribution in [-0.2, 0) is 33.6 Å². The average Bonchev–Trinajstić information content (AvgIpc) is 2.75. The monoisotopic (exact) mass is 473 g/mol. The van der Waals surface area contributed by atoms with E-state index >= 15 is 0 Å². The van der Waals surface area contributed by atoms with E-state index in [1.807, 2.05) is 0 Å². The smallest absolute Gasteiger partial charge is 0.325 e. The summed E-state index contributed by atoms with van der Waals surface area (Å²) >= 11 is 0. The van der Waals surface area contributed by atoms with E-state index in [1.165, 1.54) is 6.92 Å². The molecule has 0 spiro atoms. The second kappa shape index (κ2) is 15.1. The lowest BCUT2D eigenvalue weighted by atomic mass is 10.0. The minimum atomic E-state index is -1.23. The van der Waals surface area contributed by atoms with Crippen molar-refractivity contribution in [2.24, 2.45) is 11.7 Å². The first-order valence-electron chi connectivity index (χ1n) is 9.96. The van der Waals surface area contributed by atoms with Crippen LogP contribution in [0.3, 0.4) is 0 Å². The molecule has 0 aliphatic heterocycles. The summed E-state index contributed by atoms with van der Waals surface area (Å²) in [5.74, 6) is -5.52. The van der Waals surface area contributed by atoms with Gasteiger partial charge in [-0.2, -0.15) is 0 Å². The fourth-order valence-electron chi connectivity index (χ4n) is 2.10. The molecule has 0 unspecified atom stereocenters. The van der Waals surface area contributed by atoms with E-state index in [0.717, 1.165) is 0 Å². The predicted molar refractivity (Wildman–Crippen MR) is 113 cm³/mol. The van der Waals surface area contributed by atoms with Gasteiger partial charge in [0.05, 0.1) is 32.7 Å². The van der Waals surface area contributed by atoms with Crippen LogP contribution in [0.25, 0.3) is 0 Å². The zero-order chi connectivity index (χ0) is 25.6. The summed E-state index contributed by atoms with van der Waals surface area (Å²) in [5, 5.41) is 22.4. The molecule has 33 heavy (non-hydrogen) atoms. The van der Waals surface area contributed by atoms with Gasteiger partial charge in [-0.25, -0.2) is 0 Å². The van der Waals surface area contributed by atoms with Gasteiger partial charge in [0.1, 0.15) is 12.1 Å². The fourth-order valence-corrected chi connectivity index (χ4v) is 2.10. The lowest BCUT2D eigenvalue weighted by Crippen LogP contribution is -2.54. The van der Waals surface area contributed by atoms with Crippen LogP contribution < -0.4 is 37.6 Å². The SMILES string of the molecule is CC(C)[C@H](NC(=O)CNC(=O)CNC(=O)CNC(=O)CNC(=O)CN)C(=O)N[C@@H](C)C(=O)O. The normalized spacial score (nSPS) is 12.0. The standard InChI is InChI=1S/C18H31N7O8/c1-9(2)16(17(31)24-10(3)18(32)33)25-15(30)8-23-14(29)7-22-13(28)6-21-12(27)5-20-11(26)4-19/h9-10,16H,4-8,19H2,1-3H3,(H,20,26)(H,21,27)(H,22,28)(H,23,29)(H,24,31)(H,25,30)(H,32,33)/t10-,16-/m0/s1. The van der Waals surface area contributed by atoms with Crippen LogP contribution in [0.1, 0.15) is 20.8 Å². The lowest BCUT2D eigenvalue weighted by molar-refractivity contribution is -0.142. The van der Waals surface area contributed by atoms with Gasteiger partial charge < -0.3 is 42.7 Å². The minimum absolute atomic E-state index is 0.282. The average molecular weight is 473 g/mol. The van der Waals surface area contributed by atoms with Gasteiger partial charge >= 0.3 is 5.97 Å². The summed E-state index contributed by atoms with van der Waals surface area (Å²) in [5.41, 5.74) is 5.06. The Balaban J connectivity index is 4.31. The molecule has 15 heteroatoms. The maximum atomic E-state index is 12.2. The van der Waals surface area contributed by atoms with Crippen LogP contribution in [0.4, 0.5) is 0 Å². The van der Waals surface area contributed by atoms with E-state index in [-0.39, 0.29) is 19.0 Å². The molecule has 186 valence electrons. The fraction of sp³-hybridized carbons (Fsp3) is 0.611. The molecule has 0 saturated carbocycles. The molecule has 0 rings (SSSR count). The number of nitrogens with one attached hydrogen (secondary N) is 6. The summed E-state index contributed by atoms with van der Waals surface area (Å²) in [4.78, 5) is 80.8. The van der Waals surface area contributed by atoms with Crippen molar-refractivity contribution in [3.8, 4) is 0 Å². The number of carboxylic acid groups (broad SMARTS) is 1. The number of carbonyl (C=O) groups is 7. The number of amides is 6. The van der Waals surface area contributed by atoms with Gasteiger partial charge in [0.15, 0.2) is 0 Å². The Bertz CT molecular complexity index is 756. The quantitative estimate of drug-likeness (QED) is 0.120. The molecule has 2 atom stereocenters. The van der Waals surface area contributed by atoms with E-state index in [0.29, 0.717) is 0 Å². The number of hydrogen-bond acceptors (Lipinski definition) is 8. The molecule has 0 aromatic rings. The van der Waals surface area contributed by atoms with Gasteiger partial charge in [-0.1, -0.05) is 13.8 Å². The maximum absolute atomic E-state index is 12.2. The second-order valence-corrected chi connectivity index (χ2v) is 7.17. The first-order valence-corrected chi connectivity index (χ1v) is 9.96. The molecule has 6 amide bonds. The highest BCUT2D eigenvalue weighted by atomic mass is 16.4. The second-order valence-electron chi connectivity index (χ2n) is 7.17. The number of nitrogens with two attached hydrogens (primary N) is 1. The van der Waals surface area contributed by atoms with Crippen molar-refractivity contribution in [2.45, 2.75) is 32.9 Å². The summed E-state index contributed by atoms with van der Waals surface area (Å²) in [6.07, 6.45) is 0. The minimum Gasteiger partial charge on any atom is -0.480 e. The van der Waals surface area contributed by atoms with Crippen LogP contribution in [0.5, 0.6) is 0 Å². The highest BCUT2D eigenvalue weighted by Gasteiger charge is 2.26. The zero-order valence-corrected chi connectivity index (χ0v) is 18.6. The molecule has 0 bridgehead atoms. The van der Waals surface area contributed by atoms with Gasteiger partial charge in [-0.3, -0.25) is 33.6 Å². The van der Waals surface area contributed by atoms with E-state index in [9.17, 15) is 33.6 Å². The molecule has 0 radical (unpaired) electrons. The van der Waals surface area contributed by atoms with E-state index in [1.54, 1.807) is 13.8 Å². The molecule has 9 N–H and O–H groups in total. The van der Waals surface area contributed by atoms with Crippen molar-refractivity contribution in [3.63, 3.8) is 0 Å². The first-order chi connectivity index (χ1) is 15.4.